The Morgan fingerprint density at radius 3 is 2.70 bits per heavy atom. The first kappa shape index (κ1) is 16.1. The van der Waals surface area contributed by atoms with Crippen molar-refractivity contribution in [3.8, 4) is 5.75 Å². The van der Waals surface area contributed by atoms with Crippen molar-refractivity contribution in [2.24, 2.45) is 0 Å². The minimum atomic E-state index is -0.812. The Kier molecular flexibility index (Phi) is 6.66. The van der Waals surface area contributed by atoms with Crippen molar-refractivity contribution in [3.05, 3.63) is 36.0 Å². The number of carbonyl (C=O) groups excluding carboxylic acids is 1. The molecular weight excluding hydrogens is 286 g/mol. The fourth-order valence-electron chi connectivity index (χ4n) is 1.29. The van der Waals surface area contributed by atoms with Crippen LogP contribution in [0.1, 0.15) is 6.42 Å². The maximum Gasteiger partial charge on any atom is 0.347 e. The average molecular weight is 302 g/mol. The third kappa shape index (κ3) is 5.36. The molecule has 7 heteroatoms. The molecule has 20 heavy (non-hydrogen) atoms. The van der Waals surface area contributed by atoms with Gasteiger partial charge in [0.05, 0.1) is 27.0 Å². The van der Waals surface area contributed by atoms with Gasteiger partial charge in [0.25, 0.3) is 5.95 Å². The fraction of sp³-hybridized carbons (Fsp3) is 0.385. The summed E-state index contributed by atoms with van der Waals surface area (Å²) < 4.78 is 20.0. The first-order valence-electron chi connectivity index (χ1n) is 5.78. The summed E-state index contributed by atoms with van der Waals surface area (Å²) >= 11 is 5.67. The van der Waals surface area contributed by atoms with E-state index in [2.05, 4.69) is 16.3 Å². The molecule has 0 bridgehead atoms. The Morgan fingerprint density at radius 2 is 2.15 bits per heavy atom. The highest BCUT2D eigenvalue weighted by Crippen LogP contribution is 2.16. The van der Waals surface area contributed by atoms with Gasteiger partial charge in [-0.05, 0) is 18.7 Å². The molecule has 0 aliphatic rings. The molecule has 110 valence electrons. The third-order valence-corrected chi connectivity index (χ3v) is 2.54. The van der Waals surface area contributed by atoms with Gasteiger partial charge in [0.15, 0.2) is 6.10 Å². The minimum Gasteiger partial charge on any atom is -0.477 e. The topological polar surface area (TPSA) is 66.9 Å². The van der Waals surface area contributed by atoms with Crippen molar-refractivity contribution in [3.63, 3.8) is 0 Å². The van der Waals surface area contributed by atoms with Gasteiger partial charge in [-0.1, -0.05) is 11.6 Å². The van der Waals surface area contributed by atoms with E-state index in [1.165, 1.54) is 20.4 Å². The lowest BCUT2D eigenvalue weighted by Gasteiger charge is -2.17. The van der Waals surface area contributed by atoms with Crippen LogP contribution in [0.3, 0.4) is 0 Å². The summed E-state index contributed by atoms with van der Waals surface area (Å²) in [7, 11) is 2.73. The molecular formula is C13H16ClNO5. The van der Waals surface area contributed by atoms with Crippen LogP contribution in [0.4, 0.5) is 0 Å². The summed E-state index contributed by atoms with van der Waals surface area (Å²) in [5.41, 5.74) is 0. The number of halogens is 1. The van der Waals surface area contributed by atoms with Gasteiger partial charge in [-0.15, -0.1) is 0 Å². The van der Waals surface area contributed by atoms with Crippen molar-refractivity contribution >= 4 is 17.6 Å². The smallest absolute Gasteiger partial charge is 0.347 e. The van der Waals surface area contributed by atoms with Gasteiger partial charge in [-0.3, -0.25) is 0 Å². The third-order valence-electron chi connectivity index (χ3n) is 2.31. The molecule has 0 spiro atoms. The van der Waals surface area contributed by atoms with Crippen LogP contribution in [0.15, 0.2) is 30.9 Å². The summed E-state index contributed by atoms with van der Waals surface area (Å²) in [6, 6.07) is 3.18. The van der Waals surface area contributed by atoms with E-state index in [-0.39, 0.29) is 19.0 Å². The lowest BCUT2D eigenvalue weighted by molar-refractivity contribution is -0.149. The standard InChI is InChI=1S/C13H16ClNO5/c1-9(17-2)19-7-6-11(13(16)18-3)20-10-4-5-12(14)15-8-10/h4-5,8,11H,1,6-7H2,2-3H3. The van der Waals surface area contributed by atoms with E-state index in [1.54, 1.807) is 12.1 Å². The van der Waals surface area contributed by atoms with E-state index < -0.39 is 12.1 Å². The SMILES string of the molecule is C=C(OC)OCCC(Oc1ccc(Cl)nc1)C(=O)OC. The molecule has 0 saturated heterocycles. The maximum atomic E-state index is 11.6. The predicted molar refractivity (Wildman–Crippen MR) is 72.4 cm³/mol. The molecule has 0 fully saturated rings. The highest BCUT2D eigenvalue weighted by molar-refractivity contribution is 6.29. The zero-order valence-corrected chi connectivity index (χ0v) is 12.1. The molecule has 1 unspecified atom stereocenters. The van der Waals surface area contributed by atoms with Gasteiger partial charge in [0.1, 0.15) is 10.9 Å². The van der Waals surface area contributed by atoms with E-state index in [0.29, 0.717) is 10.9 Å². The van der Waals surface area contributed by atoms with Gasteiger partial charge >= 0.3 is 5.97 Å². The second-order valence-electron chi connectivity index (χ2n) is 3.66. The molecule has 1 aromatic rings. The van der Waals surface area contributed by atoms with Crippen LogP contribution in [0.5, 0.6) is 5.75 Å². The van der Waals surface area contributed by atoms with Crippen LogP contribution in [0.2, 0.25) is 5.15 Å². The van der Waals surface area contributed by atoms with E-state index >= 15 is 0 Å². The molecule has 0 amide bonds. The van der Waals surface area contributed by atoms with E-state index in [0.717, 1.165) is 0 Å². The first-order chi connectivity index (χ1) is 9.56. The molecule has 0 radical (unpaired) electrons. The number of aromatic nitrogens is 1. The first-order valence-corrected chi connectivity index (χ1v) is 6.16. The summed E-state index contributed by atoms with van der Waals surface area (Å²) in [5, 5.41) is 0.340. The van der Waals surface area contributed by atoms with E-state index in [9.17, 15) is 4.79 Å². The molecule has 1 aromatic heterocycles. The zero-order valence-electron chi connectivity index (χ0n) is 11.3. The lowest BCUT2D eigenvalue weighted by atomic mass is 10.2. The second kappa shape index (κ2) is 8.27. The van der Waals surface area contributed by atoms with Gasteiger partial charge in [0.2, 0.25) is 0 Å². The molecule has 0 aromatic carbocycles. The molecule has 1 heterocycles. The summed E-state index contributed by atoms with van der Waals surface area (Å²) in [4.78, 5) is 15.5. The van der Waals surface area contributed by atoms with Gasteiger partial charge in [-0.25, -0.2) is 9.78 Å². The number of esters is 1. The largest absolute Gasteiger partial charge is 0.477 e. The monoisotopic (exact) mass is 301 g/mol. The second-order valence-corrected chi connectivity index (χ2v) is 4.05. The minimum absolute atomic E-state index is 0.168. The van der Waals surface area contributed by atoms with Gasteiger partial charge in [0, 0.05) is 6.42 Å². The summed E-state index contributed by atoms with van der Waals surface area (Å²) in [6.07, 6.45) is 0.887. The molecule has 1 rings (SSSR count). The maximum absolute atomic E-state index is 11.6. The number of carbonyl (C=O) groups is 1. The summed E-state index contributed by atoms with van der Waals surface area (Å²) in [6.45, 7) is 3.70. The number of hydrogen-bond acceptors (Lipinski definition) is 6. The predicted octanol–water partition coefficient (Wildman–Crippen LogP) is 2.18. The van der Waals surface area contributed by atoms with E-state index in [1.807, 2.05) is 0 Å². The highest BCUT2D eigenvalue weighted by atomic mass is 35.5. The Labute approximate surface area is 122 Å². The Balaban J connectivity index is 2.58. The summed E-state index contributed by atoms with van der Waals surface area (Å²) in [5.74, 6) is 0.0729. The van der Waals surface area contributed by atoms with Crippen molar-refractivity contribution in [2.45, 2.75) is 12.5 Å². The zero-order chi connectivity index (χ0) is 15.0. The molecule has 0 aliphatic heterocycles. The van der Waals surface area contributed by atoms with Crippen molar-refractivity contribution in [1.29, 1.82) is 0 Å². The van der Waals surface area contributed by atoms with Crippen LogP contribution >= 0.6 is 11.6 Å². The lowest BCUT2D eigenvalue weighted by Crippen LogP contribution is -2.30. The number of nitrogens with zero attached hydrogens (tertiary/aromatic N) is 1. The number of methoxy groups -OCH3 is 2. The van der Waals surface area contributed by atoms with Crippen molar-refractivity contribution < 1.29 is 23.7 Å². The van der Waals surface area contributed by atoms with Crippen molar-refractivity contribution in [1.82, 2.24) is 4.98 Å². The molecule has 0 aliphatic carbocycles. The number of pyridine rings is 1. The van der Waals surface area contributed by atoms with Crippen LogP contribution in [-0.2, 0) is 19.0 Å². The van der Waals surface area contributed by atoms with E-state index in [4.69, 9.17) is 25.8 Å². The number of hydrogen-bond donors (Lipinski definition) is 0. The quantitative estimate of drug-likeness (QED) is 0.416. The molecule has 6 nitrogen and oxygen atoms in total. The Morgan fingerprint density at radius 1 is 1.40 bits per heavy atom. The normalized spacial score (nSPS) is 11.3. The van der Waals surface area contributed by atoms with Gasteiger partial charge < -0.3 is 18.9 Å². The molecule has 0 saturated carbocycles. The van der Waals surface area contributed by atoms with Crippen LogP contribution in [-0.4, -0.2) is 37.9 Å². The highest BCUT2D eigenvalue weighted by Gasteiger charge is 2.21. The molecule has 0 N–H and O–H groups in total. The van der Waals surface area contributed by atoms with Gasteiger partial charge in [-0.2, -0.15) is 0 Å². The Bertz CT molecular complexity index is 449. The number of rotatable bonds is 8. The fourth-order valence-corrected chi connectivity index (χ4v) is 1.40. The number of ether oxygens (including phenoxy) is 4. The van der Waals surface area contributed by atoms with Crippen LogP contribution in [0.25, 0.3) is 0 Å². The Hall–Kier alpha value is -1.95. The van der Waals surface area contributed by atoms with Crippen LogP contribution < -0.4 is 4.74 Å². The average Bonchev–Trinajstić information content (AvgIpc) is 2.47. The van der Waals surface area contributed by atoms with Crippen molar-refractivity contribution in [2.75, 3.05) is 20.8 Å². The molecule has 1 atom stereocenters. The van der Waals surface area contributed by atoms with Crippen LogP contribution in [0, 0.1) is 0 Å².